The van der Waals surface area contributed by atoms with E-state index in [4.69, 9.17) is 4.74 Å². The fourth-order valence-electron chi connectivity index (χ4n) is 6.07. The summed E-state index contributed by atoms with van der Waals surface area (Å²) in [6, 6.07) is 18.3. The molecule has 5 rings (SSSR count). The molecule has 2 aromatic carbocycles. The van der Waals surface area contributed by atoms with E-state index in [0.717, 1.165) is 59.5 Å². The Labute approximate surface area is 251 Å². The number of hydrogen-bond acceptors (Lipinski definition) is 6. The van der Waals surface area contributed by atoms with Crippen molar-refractivity contribution in [2.75, 3.05) is 19.0 Å². The Morgan fingerprint density at radius 2 is 1.79 bits per heavy atom. The van der Waals surface area contributed by atoms with E-state index in [0.29, 0.717) is 18.7 Å². The van der Waals surface area contributed by atoms with Gasteiger partial charge in [-0.2, -0.15) is 0 Å². The van der Waals surface area contributed by atoms with E-state index in [1.165, 1.54) is 7.11 Å². The van der Waals surface area contributed by atoms with Gasteiger partial charge >= 0.3 is 0 Å². The monoisotopic (exact) mass is 581 g/mol. The Hall–Kier alpha value is -4.72. The zero-order valence-electron chi connectivity index (χ0n) is 24.4. The molecular weight excluding hydrogens is 542 g/mol. The van der Waals surface area contributed by atoms with Crippen molar-refractivity contribution in [3.63, 3.8) is 0 Å². The second-order valence-electron chi connectivity index (χ2n) is 11.2. The third kappa shape index (κ3) is 7.57. The lowest BCUT2D eigenvalue weighted by Gasteiger charge is -2.32. The van der Waals surface area contributed by atoms with Gasteiger partial charge in [-0.25, -0.2) is 0 Å². The minimum Gasteiger partial charge on any atom is -0.508 e. The van der Waals surface area contributed by atoms with Crippen molar-refractivity contribution in [3.8, 4) is 17.2 Å². The molecule has 2 aromatic heterocycles. The van der Waals surface area contributed by atoms with Crippen molar-refractivity contribution in [1.29, 1.82) is 0 Å². The molecule has 43 heavy (non-hydrogen) atoms. The van der Waals surface area contributed by atoms with Gasteiger partial charge in [-0.15, -0.1) is 0 Å². The molecule has 0 radical (unpaired) electrons. The number of ketones is 2. The van der Waals surface area contributed by atoms with Gasteiger partial charge in [0, 0.05) is 37.0 Å². The lowest BCUT2D eigenvalue weighted by molar-refractivity contribution is -0.129. The van der Waals surface area contributed by atoms with Gasteiger partial charge in [0.2, 0.25) is 0 Å². The van der Waals surface area contributed by atoms with Gasteiger partial charge in [0.1, 0.15) is 23.1 Å². The normalized spacial score (nSPS) is 15.9. The molecule has 0 saturated carbocycles. The number of benzene rings is 2. The maximum atomic E-state index is 14.0. The number of aromatic hydroxyl groups is 2. The maximum absolute atomic E-state index is 14.0. The highest BCUT2D eigenvalue weighted by atomic mass is 16.5. The lowest BCUT2D eigenvalue weighted by Crippen LogP contribution is -2.31. The molecule has 224 valence electrons. The van der Waals surface area contributed by atoms with Crippen molar-refractivity contribution < 1.29 is 24.5 Å². The van der Waals surface area contributed by atoms with Crippen molar-refractivity contribution in [3.05, 3.63) is 101 Å². The predicted octanol–water partition coefficient (Wildman–Crippen LogP) is 6.55. The number of fused-ring (bicyclic) bond motifs is 1. The van der Waals surface area contributed by atoms with Crippen LogP contribution in [0.5, 0.6) is 17.2 Å². The Morgan fingerprint density at radius 3 is 2.58 bits per heavy atom. The molecule has 0 amide bonds. The standard InChI is InChI=1S/C35H39N3O5/c1-43-33-19-24(12-14-31(33)41)11-13-27(40)21-32(42)35-25(22-38-34-10-5-16-37-34)20-30-28(15-17-36-30)29(35)9-3-2-6-23-7-4-8-26(39)18-23/h4-5,7-8,10,12,14-20,29,35-39,41H,2-3,6,9,11,13,21-22H2,1H3. The van der Waals surface area contributed by atoms with Crippen LogP contribution < -0.4 is 10.1 Å². The second kappa shape index (κ2) is 14.0. The zero-order chi connectivity index (χ0) is 30.2. The van der Waals surface area contributed by atoms with Gasteiger partial charge in [-0.05, 0) is 102 Å². The van der Waals surface area contributed by atoms with Crippen LogP contribution >= 0.6 is 0 Å². The second-order valence-corrected chi connectivity index (χ2v) is 11.2. The van der Waals surface area contributed by atoms with Crippen molar-refractivity contribution in [2.45, 2.75) is 50.9 Å². The number of ether oxygens (including phenoxy) is 1. The van der Waals surface area contributed by atoms with Crippen LogP contribution in [-0.4, -0.2) is 45.4 Å². The van der Waals surface area contributed by atoms with Crippen LogP contribution in [0.15, 0.2) is 78.6 Å². The summed E-state index contributed by atoms with van der Waals surface area (Å²) in [7, 11) is 1.49. The third-order valence-electron chi connectivity index (χ3n) is 8.22. The lowest BCUT2D eigenvalue weighted by atomic mass is 9.71. The summed E-state index contributed by atoms with van der Waals surface area (Å²) in [5, 5.41) is 23.1. The number of rotatable bonds is 15. The van der Waals surface area contributed by atoms with Gasteiger partial charge in [0.25, 0.3) is 0 Å². The Kier molecular flexibility index (Phi) is 9.66. The molecule has 1 aliphatic rings. The highest BCUT2D eigenvalue weighted by Crippen LogP contribution is 2.42. The van der Waals surface area contributed by atoms with Gasteiger partial charge in [-0.3, -0.25) is 9.59 Å². The number of hydrogen-bond donors (Lipinski definition) is 5. The zero-order valence-corrected chi connectivity index (χ0v) is 24.4. The number of aryl methyl sites for hydroxylation is 2. The number of nitrogens with one attached hydrogen (secondary N) is 3. The molecular formula is C35H39N3O5. The summed E-state index contributed by atoms with van der Waals surface area (Å²) < 4.78 is 5.19. The van der Waals surface area contributed by atoms with Crippen LogP contribution in [0.1, 0.15) is 60.4 Å². The Morgan fingerprint density at radius 1 is 0.930 bits per heavy atom. The largest absolute Gasteiger partial charge is 0.508 e. The van der Waals surface area contributed by atoms with E-state index in [-0.39, 0.29) is 41.8 Å². The Bertz CT molecular complexity index is 1570. The van der Waals surface area contributed by atoms with Gasteiger partial charge < -0.3 is 30.2 Å². The van der Waals surface area contributed by atoms with Crippen LogP contribution in [0.25, 0.3) is 6.08 Å². The number of Topliss-reactive ketones (excluding diaryl/α,β-unsaturated/α-hetero) is 2. The topological polar surface area (TPSA) is 127 Å². The quantitative estimate of drug-likeness (QED) is 0.0801. The van der Waals surface area contributed by atoms with E-state index >= 15 is 0 Å². The van der Waals surface area contributed by atoms with E-state index in [9.17, 15) is 19.8 Å². The molecule has 2 unspecified atom stereocenters. The van der Waals surface area contributed by atoms with Crippen LogP contribution in [0.3, 0.4) is 0 Å². The first-order chi connectivity index (χ1) is 20.9. The van der Waals surface area contributed by atoms with Crippen molar-refractivity contribution in [2.24, 2.45) is 5.92 Å². The third-order valence-corrected chi connectivity index (χ3v) is 8.22. The van der Waals surface area contributed by atoms with Gasteiger partial charge in [-0.1, -0.05) is 24.6 Å². The molecule has 2 heterocycles. The van der Waals surface area contributed by atoms with Crippen LogP contribution in [0, 0.1) is 5.92 Å². The smallest absolute Gasteiger partial charge is 0.160 e. The minimum absolute atomic E-state index is 0.0440. The van der Waals surface area contributed by atoms with Gasteiger partial charge in [0.15, 0.2) is 11.5 Å². The summed E-state index contributed by atoms with van der Waals surface area (Å²) in [5.74, 6) is 0.935. The first kappa shape index (κ1) is 29.8. The molecule has 0 bridgehead atoms. The number of aromatic amines is 2. The molecule has 8 heteroatoms. The molecule has 5 N–H and O–H groups in total. The van der Waals surface area contributed by atoms with Crippen molar-refractivity contribution in [1.82, 2.24) is 9.97 Å². The van der Waals surface area contributed by atoms with E-state index in [1.807, 2.05) is 36.7 Å². The minimum atomic E-state index is -0.413. The van der Waals surface area contributed by atoms with Crippen LogP contribution in [0.4, 0.5) is 5.82 Å². The summed E-state index contributed by atoms with van der Waals surface area (Å²) in [5.41, 5.74) is 5.04. The van der Waals surface area contributed by atoms with E-state index in [1.54, 1.807) is 30.3 Å². The Balaban J connectivity index is 1.29. The predicted molar refractivity (Wildman–Crippen MR) is 168 cm³/mol. The first-order valence-electron chi connectivity index (χ1n) is 14.8. The SMILES string of the molecule is COc1cc(CCC(=O)CC(=O)C2C(CNc3ccc[nH]3)=Cc3[nH]ccc3C2CCCCc2cccc(O)c2)ccc1O. The average Bonchev–Trinajstić information content (AvgIpc) is 3.70. The molecule has 0 spiro atoms. The fraction of sp³-hybridized carbons (Fsp3) is 0.314. The fourth-order valence-corrected chi connectivity index (χ4v) is 6.07. The summed E-state index contributed by atoms with van der Waals surface area (Å²) >= 11 is 0. The van der Waals surface area contributed by atoms with Crippen molar-refractivity contribution >= 4 is 23.5 Å². The molecule has 8 nitrogen and oxygen atoms in total. The number of methoxy groups -OCH3 is 1. The highest BCUT2D eigenvalue weighted by molar-refractivity contribution is 6.02. The maximum Gasteiger partial charge on any atom is 0.160 e. The summed E-state index contributed by atoms with van der Waals surface area (Å²) in [6.07, 6.45) is 9.88. The summed E-state index contributed by atoms with van der Waals surface area (Å²) in [6.45, 7) is 0.483. The van der Waals surface area contributed by atoms with Crippen LogP contribution in [-0.2, 0) is 22.4 Å². The number of phenols is 2. The number of carbonyl (C=O) groups is 2. The van der Waals surface area contributed by atoms with Gasteiger partial charge in [0.05, 0.1) is 13.5 Å². The number of H-pyrrole nitrogens is 2. The number of anilines is 1. The average molecular weight is 582 g/mol. The highest BCUT2D eigenvalue weighted by Gasteiger charge is 2.37. The molecule has 4 aromatic rings. The summed E-state index contributed by atoms with van der Waals surface area (Å²) in [4.78, 5) is 33.6. The number of phenolic OH excluding ortho intramolecular Hbond substituents is 2. The molecule has 0 fully saturated rings. The molecule has 1 aliphatic carbocycles. The first-order valence-corrected chi connectivity index (χ1v) is 14.8. The molecule has 0 aliphatic heterocycles. The molecule has 2 atom stereocenters. The van der Waals surface area contributed by atoms with Crippen LogP contribution in [0.2, 0.25) is 0 Å². The van der Waals surface area contributed by atoms with E-state index < -0.39 is 5.92 Å². The molecule has 0 saturated heterocycles. The number of unbranched alkanes of at least 4 members (excludes halogenated alkanes) is 1. The number of aromatic nitrogens is 2. The van der Waals surface area contributed by atoms with E-state index in [2.05, 4.69) is 27.4 Å². The number of carbonyl (C=O) groups excluding carboxylic acids is 2.